The minimum absolute atomic E-state index is 0.0139. The SMILES string of the molecule is NC(=O)C=Cc1cccc(F)c1N. The van der Waals surface area contributed by atoms with E-state index in [-0.39, 0.29) is 5.69 Å². The molecule has 0 aliphatic heterocycles. The van der Waals surface area contributed by atoms with E-state index in [1.807, 2.05) is 0 Å². The molecule has 0 bridgehead atoms. The lowest BCUT2D eigenvalue weighted by atomic mass is 10.1. The molecule has 0 aromatic heterocycles. The summed E-state index contributed by atoms with van der Waals surface area (Å²) in [5, 5.41) is 0. The maximum atomic E-state index is 12.8. The molecular formula is C9H9FN2O. The summed E-state index contributed by atoms with van der Waals surface area (Å²) in [6.07, 6.45) is 2.51. The minimum Gasteiger partial charge on any atom is -0.396 e. The molecular weight excluding hydrogens is 171 g/mol. The van der Waals surface area contributed by atoms with Crippen LogP contribution in [-0.2, 0) is 4.79 Å². The Kier molecular flexibility index (Phi) is 2.64. The van der Waals surface area contributed by atoms with Gasteiger partial charge < -0.3 is 11.5 Å². The summed E-state index contributed by atoms with van der Waals surface area (Å²) in [6.45, 7) is 0. The van der Waals surface area contributed by atoms with Crippen LogP contribution >= 0.6 is 0 Å². The number of hydrogen-bond acceptors (Lipinski definition) is 2. The maximum absolute atomic E-state index is 12.8. The molecule has 0 fully saturated rings. The van der Waals surface area contributed by atoms with E-state index in [1.54, 1.807) is 6.07 Å². The van der Waals surface area contributed by atoms with Crippen molar-refractivity contribution < 1.29 is 9.18 Å². The zero-order valence-electron chi connectivity index (χ0n) is 6.83. The van der Waals surface area contributed by atoms with Gasteiger partial charge in [0.05, 0.1) is 5.69 Å². The molecule has 0 unspecified atom stereocenters. The van der Waals surface area contributed by atoms with Gasteiger partial charge in [-0.25, -0.2) is 4.39 Å². The normalized spacial score (nSPS) is 10.5. The van der Waals surface area contributed by atoms with Crippen molar-refractivity contribution in [1.82, 2.24) is 0 Å². The second-order valence-corrected chi connectivity index (χ2v) is 2.48. The first kappa shape index (κ1) is 9.25. The van der Waals surface area contributed by atoms with E-state index in [0.29, 0.717) is 5.56 Å². The first-order valence-electron chi connectivity index (χ1n) is 3.63. The molecule has 1 aromatic carbocycles. The molecule has 4 N–H and O–H groups in total. The number of carbonyl (C=O) groups is 1. The number of nitrogen functional groups attached to an aromatic ring is 1. The number of anilines is 1. The summed E-state index contributed by atoms with van der Waals surface area (Å²) < 4.78 is 12.8. The van der Waals surface area contributed by atoms with Gasteiger partial charge in [0.25, 0.3) is 0 Å². The lowest BCUT2D eigenvalue weighted by Crippen LogP contribution is -2.05. The van der Waals surface area contributed by atoms with Crippen molar-refractivity contribution in [2.24, 2.45) is 5.73 Å². The number of benzene rings is 1. The van der Waals surface area contributed by atoms with Crippen molar-refractivity contribution in [2.45, 2.75) is 0 Å². The maximum Gasteiger partial charge on any atom is 0.241 e. The van der Waals surface area contributed by atoms with E-state index in [1.165, 1.54) is 18.2 Å². The zero-order chi connectivity index (χ0) is 9.84. The van der Waals surface area contributed by atoms with Crippen LogP contribution in [-0.4, -0.2) is 5.91 Å². The fourth-order valence-corrected chi connectivity index (χ4v) is 0.871. The van der Waals surface area contributed by atoms with E-state index in [0.717, 1.165) is 6.08 Å². The Morgan fingerprint density at radius 1 is 1.46 bits per heavy atom. The van der Waals surface area contributed by atoms with Crippen molar-refractivity contribution in [3.63, 3.8) is 0 Å². The molecule has 3 nitrogen and oxygen atoms in total. The molecule has 4 heteroatoms. The van der Waals surface area contributed by atoms with E-state index in [2.05, 4.69) is 0 Å². The Morgan fingerprint density at radius 2 is 2.15 bits per heavy atom. The van der Waals surface area contributed by atoms with Gasteiger partial charge in [-0.05, 0) is 12.1 Å². The zero-order valence-corrected chi connectivity index (χ0v) is 6.83. The highest BCUT2D eigenvalue weighted by atomic mass is 19.1. The number of halogens is 1. The summed E-state index contributed by atoms with van der Waals surface area (Å²) in [6, 6.07) is 4.35. The van der Waals surface area contributed by atoms with Crippen molar-refractivity contribution >= 4 is 17.7 Å². The van der Waals surface area contributed by atoms with Gasteiger partial charge in [0, 0.05) is 11.6 Å². The van der Waals surface area contributed by atoms with Crippen LogP contribution in [0.2, 0.25) is 0 Å². The smallest absolute Gasteiger partial charge is 0.241 e. The predicted octanol–water partition coefficient (Wildman–Crippen LogP) is 0.906. The second-order valence-electron chi connectivity index (χ2n) is 2.48. The van der Waals surface area contributed by atoms with Crippen LogP contribution in [0, 0.1) is 5.82 Å². The van der Waals surface area contributed by atoms with Gasteiger partial charge in [0.15, 0.2) is 0 Å². The lowest BCUT2D eigenvalue weighted by molar-refractivity contribution is -0.113. The highest BCUT2D eigenvalue weighted by Crippen LogP contribution is 2.16. The third-order valence-corrected chi connectivity index (χ3v) is 1.51. The third-order valence-electron chi connectivity index (χ3n) is 1.51. The number of amides is 1. The molecule has 0 heterocycles. The van der Waals surface area contributed by atoms with Gasteiger partial charge >= 0.3 is 0 Å². The van der Waals surface area contributed by atoms with Crippen molar-refractivity contribution in [2.75, 3.05) is 5.73 Å². The largest absolute Gasteiger partial charge is 0.396 e. The number of hydrogen-bond donors (Lipinski definition) is 2. The Morgan fingerprint density at radius 3 is 2.77 bits per heavy atom. The fourth-order valence-electron chi connectivity index (χ4n) is 0.871. The molecule has 1 aromatic rings. The molecule has 0 aliphatic rings. The average Bonchev–Trinajstić information content (AvgIpc) is 2.07. The standard InChI is InChI=1S/C9H9FN2O/c10-7-3-1-2-6(9(7)12)4-5-8(11)13/h1-5H,12H2,(H2,11,13). The first-order valence-corrected chi connectivity index (χ1v) is 3.63. The van der Waals surface area contributed by atoms with Crippen LogP contribution in [0.25, 0.3) is 6.08 Å². The Labute approximate surface area is 74.8 Å². The highest BCUT2D eigenvalue weighted by molar-refractivity contribution is 5.91. The number of rotatable bonds is 2. The second kappa shape index (κ2) is 3.71. The van der Waals surface area contributed by atoms with E-state index >= 15 is 0 Å². The number of para-hydroxylation sites is 1. The quantitative estimate of drug-likeness (QED) is 0.524. The van der Waals surface area contributed by atoms with E-state index in [9.17, 15) is 9.18 Å². The lowest BCUT2D eigenvalue weighted by Gasteiger charge is -1.99. The van der Waals surface area contributed by atoms with Gasteiger partial charge in [-0.15, -0.1) is 0 Å². The average molecular weight is 180 g/mol. The Balaban J connectivity index is 3.02. The van der Waals surface area contributed by atoms with E-state index in [4.69, 9.17) is 11.5 Å². The molecule has 1 rings (SSSR count). The number of nitrogens with two attached hydrogens (primary N) is 2. The van der Waals surface area contributed by atoms with Crippen LogP contribution in [0.4, 0.5) is 10.1 Å². The Hall–Kier alpha value is -1.84. The van der Waals surface area contributed by atoms with Gasteiger partial charge in [0.2, 0.25) is 5.91 Å². The van der Waals surface area contributed by atoms with Crippen LogP contribution in [0.3, 0.4) is 0 Å². The molecule has 0 saturated carbocycles. The predicted molar refractivity (Wildman–Crippen MR) is 49.0 cm³/mol. The Bertz CT molecular complexity index is 361. The van der Waals surface area contributed by atoms with Crippen molar-refractivity contribution in [3.05, 3.63) is 35.7 Å². The van der Waals surface area contributed by atoms with E-state index < -0.39 is 11.7 Å². The molecule has 0 aliphatic carbocycles. The topological polar surface area (TPSA) is 69.1 Å². The molecule has 1 amide bonds. The van der Waals surface area contributed by atoms with Crippen LogP contribution in [0.15, 0.2) is 24.3 Å². The van der Waals surface area contributed by atoms with Gasteiger partial charge in [-0.1, -0.05) is 12.1 Å². The molecule has 0 spiro atoms. The van der Waals surface area contributed by atoms with Crippen molar-refractivity contribution in [3.8, 4) is 0 Å². The van der Waals surface area contributed by atoms with Gasteiger partial charge in [-0.2, -0.15) is 0 Å². The number of carbonyl (C=O) groups excluding carboxylic acids is 1. The molecule has 0 atom stereocenters. The van der Waals surface area contributed by atoms with Crippen molar-refractivity contribution in [1.29, 1.82) is 0 Å². The summed E-state index contributed by atoms with van der Waals surface area (Å²) in [5.41, 5.74) is 10.7. The molecule has 13 heavy (non-hydrogen) atoms. The monoisotopic (exact) mass is 180 g/mol. The van der Waals surface area contributed by atoms with Gasteiger partial charge in [-0.3, -0.25) is 4.79 Å². The summed E-state index contributed by atoms with van der Waals surface area (Å²) in [5.74, 6) is -1.10. The summed E-state index contributed by atoms with van der Waals surface area (Å²) in [4.78, 5) is 10.4. The van der Waals surface area contributed by atoms with Crippen LogP contribution in [0.1, 0.15) is 5.56 Å². The molecule has 68 valence electrons. The minimum atomic E-state index is -0.594. The summed E-state index contributed by atoms with van der Waals surface area (Å²) in [7, 11) is 0. The van der Waals surface area contributed by atoms with Crippen LogP contribution in [0.5, 0.6) is 0 Å². The van der Waals surface area contributed by atoms with Crippen LogP contribution < -0.4 is 11.5 Å². The highest BCUT2D eigenvalue weighted by Gasteiger charge is 2.00. The molecule has 0 saturated heterocycles. The first-order chi connectivity index (χ1) is 6.11. The van der Waals surface area contributed by atoms with Gasteiger partial charge in [0.1, 0.15) is 5.82 Å². The summed E-state index contributed by atoms with van der Waals surface area (Å²) >= 11 is 0. The number of primary amides is 1. The molecule has 0 radical (unpaired) electrons. The fraction of sp³-hybridized carbons (Fsp3) is 0. The third kappa shape index (κ3) is 2.30.